The maximum atomic E-state index is 13.3. The van der Waals surface area contributed by atoms with Crippen molar-refractivity contribution in [2.75, 3.05) is 19.1 Å². The number of halogens is 3. The molecule has 3 nitrogen and oxygen atoms in total. The van der Waals surface area contributed by atoms with Gasteiger partial charge in [0.1, 0.15) is 5.75 Å². The van der Waals surface area contributed by atoms with Crippen molar-refractivity contribution >= 4 is 11.8 Å². The van der Waals surface area contributed by atoms with Gasteiger partial charge in [-0.2, -0.15) is 30.0 Å². The molecule has 2 aromatic carbocycles. The smallest absolute Gasteiger partial charge is 0.435 e. The number of nitrogens with zero attached hydrogens (tertiary/aromatic N) is 2. The van der Waals surface area contributed by atoms with Crippen LogP contribution in [0.5, 0.6) is 5.75 Å². The Hall–Kier alpha value is -2.41. The molecule has 0 spiro atoms. The zero-order valence-electron chi connectivity index (χ0n) is 15.7. The minimum Gasteiger partial charge on any atom is -0.497 e. The molecule has 0 saturated heterocycles. The SMILES string of the molecule is COc1ccc(-n2nc(C(F)(F)F)cc2-c2ccc(CCCSC)cc2)cc1. The predicted molar refractivity (Wildman–Crippen MR) is 107 cm³/mol. The number of rotatable bonds is 7. The molecule has 0 amide bonds. The van der Waals surface area contributed by atoms with Gasteiger partial charge in [0, 0.05) is 5.56 Å². The van der Waals surface area contributed by atoms with E-state index < -0.39 is 11.9 Å². The molecular formula is C21H21F3N2OS. The quantitative estimate of drug-likeness (QED) is 0.460. The van der Waals surface area contributed by atoms with E-state index in [1.807, 2.05) is 24.3 Å². The number of benzene rings is 2. The summed E-state index contributed by atoms with van der Waals surface area (Å²) < 4.78 is 46.3. The molecule has 1 aromatic heterocycles. The summed E-state index contributed by atoms with van der Waals surface area (Å²) in [6, 6.07) is 15.5. The summed E-state index contributed by atoms with van der Waals surface area (Å²) in [6.45, 7) is 0. The molecule has 0 atom stereocenters. The van der Waals surface area contributed by atoms with E-state index in [-0.39, 0.29) is 0 Å². The van der Waals surface area contributed by atoms with Crippen LogP contribution in [0.1, 0.15) is 17.7 Å². The highest BCUT2D eigenvalue weighted by atomic mass is 32.2. The third kappa shape index (κ3) is 4.70. The van der Waals surface area contributed by atoms with Gasteiger partial charge in [-0.1, -0.05) is 24.3 Å². The second-order valence-corrected chi connectivity index (χ2v) is 7.30. The molecule has 0 aliphatic carbocycles. The number of hydrogen-bond acceptors (Lipinski definition) is 3. The third-order valence-corrected chi connectivity index (χ3v) is 5.08. The number of aryl methyl sites for hydroxylation is 1. The van der Waals surface area contributed by atoms with Crippen molar-refractivity contribution in [1.82, 2.24) is 9.78 Å². The van der Waals surface area contributed by atoms with Gasteiger partial charge in [0.25, 0.3) is 0 Å². The summed E-state index contributed by atoms with van der Waals surface area (Å²) in [5.41, 5.74) is 1.88. The van der Waals surface area contributed by atoms with Crippen LogP contribution in [0.15, 0.2) is 54.6 Å². The fourth-order valence-corrected chi connectivity index (χ4v) is 3.34. The van der Waals surface area contributed by atoms with Crippen molar-refractivity contribution < 1.29 is 17.9 Å². The maximum absolute atomic E-state index is 13.3. The van der Waals surface area contributed by atoms with Crippen molar-refractivity contribution in [3.05, 3.63) is 65.9 Å². The maximum Gasteiger partial charge on any atom is 0.435 e. The molecule has 28 heavy (non-hydrogen) atoms. The minimum atomic E-state index is -4.51. The molecule has 0 radical (unpaired) electrons. The summed E-state index contributed by atoms with van der Waals surface area (Å²) in [7, 11) is 1.54. The average Bonchev–Trinajstić information content (AvgIpc) is 3.15. The van der Waals surface area contributed by atoms with Crippen LogP contribution < -0.4 is 4.74 Å². The van der Waals surface area contributed by atoms with Gasteiger partial charge in [-0.05, 0) is 60.7 Å². The average molecular weight is 406 g/mol. The Morgan fingerprint density at radius 3 is 2.29 bits per heavy atom. The van der Waals surface area contributed by atoms with E-state index >= 15 is 0 Å². The molecule has 0 aliphatic heterocycles. The summed E-state index contributed by atoms with van der Waals surface area (Å²) in [6.07, 6.45) is -0.416. The van der Waals surface area contributed by atoms with Crippen LogP contribution in [0.2, 0.25) is 0 Å². The first-order valence-corrected chi connectivity index (χ1v) is 10.2. The number of thioether (sulfide) groups is 1. The Morgan fingerprint density at radius 1 is 1.04 bits per heavy atom. The zero-order chi connectivity index (χ0) is 20.1. The summed E-state index contributed by atoms with van der Waals surface area (Å²) in [5.74, 6) is 1.71. The second-order valence-electron chi connectivity index (χ2n) is 6.32. The van der Waals surface area contributed by atoms with Crippen molar-refractivity contribution in [3.63, 3.8) is 0 Å². The van der Waals surface area contributed by atoms with Gasteiger partial charge in [-0.3, -0.25) is 0 Å². The first-order chi connectivity index (χ1) is 13.4. The lowest BCUT2D eigenvalue weighted by Gasteiger charge is -2.09. The van der Waals surface area contributed by atoms with Gasteiger partial charge in [-0.15, -0.1) is 0 Å². The fraction of sp³-hybridized carbons (Fsp3) is 0.286. The molecule has 0 N–H and O–H groups in total. The van der Waals surface area contributed by atoms with E-state index in [0.717, 1.165) is 24.7 Å². The summed E-state index contributed by atoms with van der Waals surface area (Å²) in [4.78, 5) is 0. The highest BCUT2D eigenvalue weighted by molar-refractivity contribution is 7.98. The Labute approximate surface area is 166 Å². The van der Waals surface area contributed by atoms with Gasteiger partial charge in [-0.25, -0.2) is 4.68 Å². The van der Waals surface area contributed by atoms with Gasteiger partial charge < -0.3 is 4.74 Å². The van der Waals surface area contributed by atoms with Crippen LogP contribution >= 0.6 is 11.8 Å². The number of ether oxygens (including phenoxy) is 1. The van der Waals surface area contributed by atoms with E-state index in [4.69, 9.17) is 4.74 Å². The van der Waals surface area contributed by atoms with Crippen molar-refractivity contribution in [3.8, 4) is 22.7 Å². The predicted octanol–water partition coefficient (Wildman–Crippen LogP) is 5.86. The van der Waals surface area contributed by atoms with E-state index in [2.05, 4.69) is 11.4 Å². The zero-order valence-corrected chi connectivity index (χ0v) is 16.5. The lowest BCUT2D eigenvalue weighted by atomic mass is 10.1. The molecule has 3 aromatic rings. The van der Waals surface area contributed by atoms with Crippen LogP contribution in [0.25, 0.3) is 16.9 Å². The first kappa shape index (κ1) is 20.3. The van der Waals surface area contributed by atoms with Gasteiger partial charge >= 0.3 is 6.18 Å². The lowest BCUT2D eigenvalue weighted by Crippen LogP contribution is -2.07. The highest BCUT2D eigenvalue weighted by Gasteiger charge is 2.35. The Kier molecular flexibility index (Phi) is 6.34. The topological polar surface area (TPSA) is 27.1 Å². The van der Waals surface area contributed by atoms with Crippen LogP contribution in [0, 0.1) is 0 Å². The molecule has 0 saturated carbocycles. The number of alkyl halides is 3. The molecular weight excluding hydrogens is 385 g/mol. The van der Waals surface area contributed by atoms with Crippen molar-refractivity contribution in [1.29, 1.82) is 0 Å². The van der Waals surface area contributed by atoms with Crippen molar-refractivity contribution in [2.24, 2.45) is 0 Å². The largest absolute Gasteiger partial charge is 0.497 e. The van der Waals surface area contributed by atoms with Crippen LogP contribution in [-0.2, 0) is 12.6 Å². The summed E-state index contributed by atoms with van der Waals surface area (Å²) >= 11 is 1.80. The number of aromatic nitrogens is 2. The van der Waals surface area contributed by atoms with Gasteiger partial charge in [0.2, 0.25) is 0 Å². The Balaban J connectivity index is 1.97. The first-order valence-electron chi connectivity index (χ1n) is 8.82. The molecule has 0 bridgehead atoms. The monoisotopic (exact) mass is 406 g/mol. The minimum absolute atomic E-state index is 0.396. The molecule has 3 rings (SSSR count). The Bertz CT molecular complexity index is 903. The molecule has 0 unspecified atom stereocenters. The summed E-state index contributed by atoms with van der Waals surface area (Å²) in [5, 5.41) is 3.81. The molecule has 0 aliphatic rings. The standard InChI is InChI=1S/C21H21F3N2OS/c1-27-18-11-9-17(10-12-18)26-19(14-20(25-26)21(22,23)24)16-7-5-15(6-8-16)4-3-13-28-2/h5-12,14H,3-4,13H2,1-2H3. The van der Waals surface area contributed by atoms with Crippen LogP contribution in [0.4, 0.5) is 13.2 Å². The van der Waals surface area contributed by atoms with Crippen molar-refractivity contribution in [2.45, 2.75) is 19.0 Å². The molecule has 7 heteroatoms. The lowest BCUT2D eigenvalue weighted by molar-refractivity contribution is -0.141. The molecule has 148 valence electrons. The highest BCUT2D eigenvalue weighted by Crippen LogP contribution is 2.33. The molecule has 1 heterocycles. The van der Waals surface area contributed by atoms with E-state index in [0.29, 0.717) is 22.7 Å². The van der Waals surface area contributed by atoms with Gasteiger partial charge in [0.15, 0.2) is 5.69 Å². The number of hydrogen-bond donors (Lipinski definition) is 0. The Morgan fingerprint density at radius 2 is 1.71 bits per heavy atom. The fourth-order valence-electron chi connectivity index (χ4n) is 2.91. The normalized spacial score (nSPS) is 11.6. The van der Waals surface area contributed by atoms with E-state index in [1.54, 1.807) is 36.0 Å². The van der Waals surface area contributed by atoms with Crippen LogP contribution in [-0.4, -0.2) is 28.9 Å². The third-order valence-electron chi connectivity index (χ3n) is 4.38. The van der Waals surface area contributed by atoms with E-state index in [9.17, 15) is 13.2 Å². The van der Waals surface area contributed by atoms with Gasteiger partial charge in [0.05, 0.1) is 18.5 Å². The molecule has 0 fully saturated rings. The van der Waals surface area contributed by atoms with E-state index in [1.165, 1.54) is 17.4 Å². The second kappa shape index (κ2) is 8.73. The van der Waals surface area contributed by atoms with Crippen LogP contribution in [0.3, 0.4) is 0 Å². The number of methoxy groups -OCH3 is 1.